The Labute approximate surface area is 111 Å². The van der Waals surface area contributed by atoms with Crippen molar-refractivity contribution in [2.45, 2.75) is 20.0 Å². The van der Waals surface area contributed by atoms with Crippen LogP contribution in [0, 0.1) is 10.1 Å². The van der Waals surface area contributed by atoms with Crippen molar-refractivity contribution in [1.82, 2.24) is 4.98 Å². The summed E-state index contributed by atoms with van der Waals surface area (Å²) in [4.78, 5) is 17.0. The van der Waals surface area contributed by atoms with Gasteiger partial charge in [0.1, 0.15) is 5.82 Å². The Kier molecular flexibility index (Phi) is 4.16. The number of aromatic nitrogens is 1. The van der Waals surface area contributed by atoms with E-state index in [9.17, 15) is 10.1 Å². The summed E-state index contributed by atoms with van der Waals surface area (Å²) in [7, 11) is 0. The number of ether oxygens (including phenoxy) is 1. The van der Waals surface area contributed by atoms with E-state index < -0.39 is 4.92 Å². The second-order valence-corrected chi connectivity index (χ2v) is 4.45. The Hall–Kier alpha value is -1.89. The molecule has 0 aromatic carbocycles. The lowest BCUT2D eigenvalue weighted by molar-refractivity contribution is -0.384. The van der Waals surface area contributed by atoms with Gasteiger partial charge in [-0.15, -0.1) is 0 Å². The minimum absolute atomic E-state index is 0.0377. The van der Waals surface area contributed by atoms with E-state index in [4.69, 9.17) is 4.74 Å². The van der Waals surface area contributed by atoms with Gasteiger partial charge in [-0.1, -0.05) is 0 Å². The van der Waals surface area contributed by atoms with E-state index in [0.717, 1.165) is 6.54 Å². The van der Waals surface area contributed by atoms with E-state index in [1.807, 2.05) is 18.7 Å². The van der Waals surface area contributed by atoms with Gasteiger partial charge in [-0.2, -0.15) is 0 Å². The van der Waals surface area contributed by atoms with E-state index in [1.54, 1.807) is 6.07 Å². The SMILES string of the molecule is CCNc1ccc([N+](=O)[O-])c(N2CCOC(C)C2)n1. The molecule has 1 aliphatic rings. The number of nitrogens with zero attached hydrogens (tertiary/aromatic N) is 3. The van der Waals surface area contributed by atoms with Crippen molar-refractivity contribution >= 4 is 17.3 Å². The fourth-order valence-corrected chi connectivity index (χ4v) is 2.11. The molecular weight excluding hydrogens is 248 g/mol. The zero-order valence-corrected chi connectivity index (χ0v) is 11.1. The highest BCUT2D eigenvalue weighted by atomic mass is 16.6. The first-order valence-electron chi connectivity index (χ1n) is 6.37. The molecule has 104 valence electrons. The third-order valence-electron chi connectivity index (χ3n) is 2.95. The average Bonchev–Trinajstić information content (AvgIpc) is 2.39. The molecule has 7 heteroatoms. The van der Waals surface area contributed by atoms with Crippen LogP contribution in [0.1, 0.15) is 13.8 Å². The van der Waals surface area contributed by atoms with Crippen molar-refractivity contribution < 1.29 is 9.66 Å². The number of pyridine rings is 1. The number of hydrogen-bond acceptors (Lipinski definition) is 6. The number of nitrogens with one attached hydrogen (secondary N) is 1. The molecule has 1 saturated heterocycles. The Bertz CT molecular complexity index is 466. The van der Waals surface area contributed by atoms with Crippen molar-refractivity contribution in [2.24, 2.45) is 0 Å². The second-order valence-electron chi connectivity index (χ2n) is 4.45. The van der Waals surface area contributed by atoms with Crippen LogP contribution in [0.4, 0.5) is 17.3 Å². The van der Waals surface area contributed by atoms with Crippen molar-refractivity contribution in [1.29, 1.82) is 0 Å². The van der Waals surface area contributed by atoms with Gasteiger partial charge in [-0.3, -0.25) is 10.1 Å². The zero-order valence-electron chi connectivity index (χ0n) is 11.1. The van der Waals surface area contributed by atoms with Crippen LogP contribution < -0.4 is 10.2 Å². The van der Waals surface area contributed by atoms with Crippen molar-refractivity contribution in [3.05, 3.63) is 22.2 Å². The highest BCUT2D eigenvalue weighted by molar-refractivity contribution is 5.62. The van der Waals surface area contributed by atoms with Gasteiger partial charge in [-0.05, 0) is 19.9 Å². The average molecular weight is 266 g/mol. The molecule has 1 aromatic heterocycles. The Morgan fingerprint density at radius 1 is 1.63 bits per heavy atom. The highest BCUT2D eigenvalue weighted by Crippen LogP contribution is 2.28. The van der Waals surface area contributed by atoms with E-state index in [2.05, 4.69) is 10.3 Å². The summed E-state index contributed by atoms with van der Waals surface area (Å²) in [5.41, 5.74) is 0.0377. The third-order valence-corrected chi connectivity index (χ3v) is 2.95. The molecule has 1 aromatic rings. The zero-order chi connectivity index (χ0) is 13.8. The maximum absolute atomic E-state index is 11.1. The lowest BCUT2D eigenvalue weighted by atomic mass is 10.2. The van der Waals surface area contributed by atoms with Gasteiger partial charge < -0.3 is 15.0 Å². The monoisotopic (exact) mass is 266 g/mol. The summed E-state index contributed by atoms with van der Waals surface area (Å²) in [6.07, 6.45) is 0.0537. The van der Waals surface area contributed by atoms with E-state index in [0.29, 0.717) is 31.3 Å². The van der Waals surface area contributed by atoms with Gasteiger partial charge in [-0.25, -0.2) is 4.98 Å². The fraction of sp³-hybridized carbons (Fsp3) is 0.583. The standard InChI is InChI=1S/C12H18N4O3/c1-3-13-11-5-4-10(16(17)18)12(14-11)15-6-7-19-9(2)8-15/h4-5,9H,3,6-8H2,1-2H3,(H,13,14). The largest absolute Gasteiger partial charge is 0.375 e. The lowest BCUT2D eigenvalue weighted by Crippen LogP contribution is -2.41. The van der Waals surface area contributed by atoms with Gasteiger partial charge in [0, 0.05) is 25.7 Å². The molecule has 1 unspecified atom stereocenters. The number of anilines is 2. The summed E-state index contributed by atoms with van der Waals surface area (Å²) in [6, 6.07) is 3.13. The predicted octanol–water partition coefficient (Wildman–Crippen LogP) is 1.65. The molecule has 7 nitrogen and oxygen atoms in total. The molecule has 2 heterocycles. The maximum atomic E-state index is 11.1. The molecule has 0 saturated carbocycles. The minimum Gasteiger partial charge on any atom is -0.375 e. The molecular formula is C12H18N4O3. The first-order valence-corrected chi connectivity index (χ1v) is 6.37. The highest BCUT2D eigenvalue weighted by Gasteiger charge is 2.25. The molecule has 0 radical (unpaired) electrons. The Morgan fingerprint density at radius 3 is 3.05 bits per heavy atom. The fourth-order valence-electron chi connectivity index (χ4n) is 2.11. The van der Waals surface area contributed by atoms with Crippen molar-refractivity contribution in [3.63, 3.8) is 0 Å². The van der Waals surface area contributed by atoms with Crippen LogP contribution in [0.2, 0.25) is 0 Å². The van der Waals surface area contributed by atoms with Gasteiger partial charge in [0.2, 0.25) is 5.82 Å². The van der Waals surface area contributed by atoms with Crippen LogP contribution in [-0.2, 0) is 4.74 Å². The summed E-state index contributed by atoms with van der Waals surface area (Å²) in [5, 5.41) is 14.2. The second kappa shape index (κ2) is 5.83. The molecule has 0 spiro atoms. The molecule has 0 amide bonds. The molecule has 1 fully saturated rings. The van der Waals surface area contributed by atoms with Crippen LogP contribution in [0.15, 0.2) is 12.1 Å². The van der Waals surface area contributed by atoms with Gasteiger partial charge in [0.25, 0.3) is 0 Å². The van der Waals surface area contributed by atoms with E-state index in [1.165, 1.54) is 6.07 Å². The molecule has 1 atom stereocenters. The van der Waals surface area contributed by atoms with E-state index >= 15 is 0 Å². The molecule has 0 aliphatic carbocycles. The maximum Gasteiger partial charge on any atom is 0.311 e. The molecule has 2 rings (SSSR count). The van der Waals surface area contributed by atoms with Gasteiger partial charge in [0.05, 0.1) is 17.6 Å². The first-order chi connectivity index (χ1) is 9.11. The Morgan fingerprint density at radius 2 is 2.42 bits per heavy atom. The summed E-state index contributed by atoms with van der Waals surface area (Å²) < 4.78 is 5.45. The van der Waals surface area contributed by atoms with Crippen molar-refractivity contribution in [3.8, 4) is 0 Å². The molecule has 0 bridgehead atoms. The Balaban J connectivity index is 2.33. The van der Waals surface area contributed by atoms with Crippen LogP contribution in [-0.4, -0.2) is 42.3 Å². The quantitative estimate of drug-likeness (QED) is 0.659. The first kappa shape index (κ1) is 13.5. The molecule has 1 aliphatic heterocycles. The molecule has 1 N–H and O–H groups in total. The summed E-state index contributed by atoms with van der Waals surface area (Å²) in [6.45, 7) is 6.43. The normalized spacial score (nSPS) is 19.3. The summed E-state index contributed by atoms with van der Waals surface area (Å²) in [5.74, 6) is 1.07. The number of hydrogen-bond donors (Lipinski definition) is 1. The van der Waals surface area contributed by atoms with Crippen LogP contribution in [0.25, 0.3) is 0 Å². The topological polar surface area (TPSA) is 80.5 Å². The van der Waals surface area contributed by atoms with Gasteiger partial charge >= 0.3 is 5.69 Å². The molecule has 19 heavy (non-hydrogen) atoms. The van der Waals surface area contributed by atoms with Crippen LogP contribution >= 0.6 is 0 Å². The minimum atomic E-state index is -0.391. The third kappa shape index (κ3) is 3.11. The summed E-state index contributed by atoms with van der Waals surface area (Å²) >= 11 is 0. The lowest BCUT2D eigenvalue weighted by Gasteiger charge is -2.31. The number of rotatable bonds is 4. The van der Waals surface area contributed by atoms with Crippen LogP contribution in [0.3, 0.4) is 0 Å². The predicted molar refractivity (Wildman–Crippen MR) is 72.7 cm³/mol. The number of morpholine rings is 1. The van der Waals surface area contributed by atoms with E-state index in [-0.39, 0.29) is 11.8 Å². The van der Waals surface area contributed by atoms with Gasteiger partial charge in [0.15, 0.2) is 0 Å². The number of nitro groups is 1. The smallest absolute Gasteiger partial charge is 0.311 e. The van der Waals surface area contributed by atoms with Crippen LogP contribution in [0.5, 0.6) is 0 Å². The van der Waals surface area contributed by atoms with Crippen molar-refractivity contribution in [2.75, 3.05) is 36.5 Å².